The Labute approximate surface area is 64.7 Å². The van der Waals surface area contributed by atoms with Gasteiger partial charge in [0, 0.05) is 18.6 Å². The van der Waals surface area contributed by atoms with Crippen molar-refractivity contribution in [2.24, 2.45) is 0 Å². The SMILES string of the molecule is O=C1C=CC2=CNC=CN2C1. The van der Waals surface area contributed by atoms with Gasteiger partial charge in [0.25, 0.3) is 0 Å². The summed E-state index contributed by atoms with van der Waals surface area (Å²) in [4.78, 5) is 12.8. The van der Waals surface area contributed by atoms with Gasteiger partial charge < -0.3 is 10.2 Å². The Hall–Kier alpha value is -1.51. The van der Waals surface area contributed by atoms with Gasteiger partial charge in [-0.15, -0.1) is 0 Å². The number of hydrogen-bond acceptors (Lipinski definition) is 3. The van der Waals surface area contributed by atoms with Gasteiger partial charge in [-0.25, -0.2) is 0 Å². The molecule has 0 radical (unpaired) electrons. The van der Waals surface area contributed by atoms with Crippen LogP contribution in [-0.4, -0.2) is 17.2 Å². The minimum absolute atomic E-state index is 0.147. The molecule has 11 heavy (non-hydrogen) atoms. The number of allylic oxidation sites excluding steroid dienone is 1. The monoisotopic (exact) mass is 148 g/mol. The minimum atomic E-state index is 0.147. The molecule has 0 aliphatic carbocycles. The van der Waals surface area contributed by atoms with Crippen molar-refractivity contribution in [1.29, 1.82) is 0 Å². The van der Waals surface area contributed by atoms with E-state index in [0.717, 1.165) is 5.70 Å². The standard InChI is InChI=1S/C8H8N2O/c11-8-2-1-7-5-9-3-4-10(7)6-8/h1-5,9H,6H2. The van der Waals surface area contributed by atoms with Gasteiger partial charge in [-0.3, -0.25) is 4.79 Å². The number of ketones is 1. The van der Waals surface area contributed by atoms with E-state index < -0.39 is 0 Å². The lowest BCUT2D eigenvalue weighted by Crippen LogP contribution is -2.29. The fraction of sp³-hybridized carbons (Fsp3) is 0.125. The topological polar surface area (TPSA) is 32.3 Å². The summed E-state index contributed by atoms with van der Waals surface area (Å²) < 4.78 is 0. The zero-order chi connectivity index (χ0) is 7.68. The zero-order valence-electron chi connectivity index (χ0n) is 5.95. The molecule has 56 valence electrons. The number of carbonyl (C=O) groups is 1. The number of fused-ring (bicyclic) bond motifs is 1. The minimum Gasteiger partial charge on any atom is -0.365 e. The van der Waals surface area contributed by atoms with E-state index in [1.54, 1.807) is 12.3 Å². The second-order valence-electron chi connectivity index (χ2n) is 2.48. The first-order valence-electron chi connectivity index (χ1n) is 3.47. The highest BCUT2D eigenvalue weighted by atomic mass is 16.1. The van der Waals surface area contributed by atoms with Crippen LogP contribution in [0.2, 0.25) is 0 Å². The maximum Gasteiger partial charge on any atom is 0.175 e. The Morgan fingerprint density at radius 3 is 3.27 bits per heavy atom. The summed E-state index contributed by atoms with van der Waals surface area (Å²) in [5, 5.41) is 2.95. The van der Waals surface area contributed by atoms with E-state index in [4.69, 9.17) is 0 Å². The Morgan fingerprint density at radius 2 is 2.36 bits per heavy atom. The highest BCUT2D eigenvalue weighted by molar-refractivity contribution is 5.93. The molecule has 2 heterocycles. The molecule has 0 aromatic carbocycles. The lowest BCUT2D eigenvalue weighted by molar-refractivity contribution is -0.115. The largest absolute Gasteiger partial charge is 0.365 e. The Kier molecular flexibility index (Phi) is 1.28. The second-order valence-corrected chi connectivity index (χ2v) is 2.48. The molecule has 2 rings (SSSR count). The number of nitrogens with one attached hydrogen (secondary N) is 1. The summed E-state index contributed by atoms with van der Waals surface area (Å²) in [7, 11) is 0. The van der Waals surface area contributed by atoms with Gasteiger partial charge in [0.05, 0.1) is 12.2 Å². The maximum absolute atomic E-state index is 10.9. The summed E-state index contributed by atoms with van der Waals surface area (Å²) in [6.45, 7) is 0.459. The first-order chi connectivity index (χ1) is 5.36. The number of rotatable bonds is 0. The van der Waals surface area contributed by atoms with Gasteiger partial charge in [-0.05, 0) is 12.2 Å². The third-order valence-corrected chi connectivity index (χ3v) is 1.68. The molecule has 2 aliphatic rings. The van der Waals surface area contributed by atoms with Crippen molar-refractivity contribution in [3.8, 4) is 0 Å². The van der Waals surface area contributed by atoms with Crippen molar-refractivity contribution < 1.29 is 4.79 Å². The maximum atomic E-state index is 10.9. The van der Waals surface area contributed by atoms with Gasteiger partial charge in [0.1, 0.15) is 0 Å². The second kappa shape index (κ2) is 2.27. The predicted octanol–water partition coefficient (Wildman–Crippen LogP) is 0.343. The molecule has 0 amide bonds. The van der Waals surface area contributed by atoms with E-state index >= 15 is 0 Å². The molecular formula is C8H8N2O. The van der Waals surface area contributed by atoms with E-state index in [9.17, 15) is 4.79 Å². The zero-order valence-corrected chi connectivity index (χ0v) is 5.95. The predicted molar refractivity (Wildman–Crippen MR) is 41.2 cm³/mol. The van der Waals surface area contributed by atoms with Crippen LogP contribution in [0.3, 0.4) is 0 Å². The Bertz CT molecular complexity index is 273. The fourth-order valence-corrected chi connectivity index (χ4v) is 1.12. The number of carbonyl (C=O) groups excluding carboxylic acids is 1. The molecule has 0 aromatic rings. The average Bonchev–Trinajstić information content (AvgIpc) is 2.04. The third-order valence-electron chi connectivity index (χ3n) is 1.68. The Morgan fingerprint density at radius 1 is 1.45 bits per heavy atom. The van der Waals surface area contributed by atoms with Crippen molar-refractivity contribution in [2.45, 2.75) is 0 Å². The van der Waals surface area contributed by atoms with E-state index in [0.29, 0.717) is 6.54 Å². The molecule has 3 heteroatoms. The summed E-state index contributed by atoms with van der Waals surface area (Å²) in [5.41, 5.74) is 1.03. The molecule has 2 aliphatic heterocycles. The van der Waals surface area contributed by atoms with Gasteiger partial charge >= 0.3 is 0 Å². The Balaban J connectivity index is 2.31. The lowest BCUT2D eigenvalue weighted by atomic mass is 10.2. The van der Waals surface area contributed by atoms with E-state index in [-0.39, 0.29) is 5.78 Å². The van der Waals surface area contributed by atoms with Gasteiger partial charge in [0.15, 0.2) is 5.78 Å². The highest BCUT2D eigenvalue weighted by Crippen LogP contribution is 2.13. The molecule has 1 N–H and O–H groups in total. The third kappa shape index (κ3) is 1.05. The fourth-order valence-electron chi connectivity index (χ4n) is 1.12. The quantitative estimate of drug-likeness (QED) is 0.537. The average molecular weight is 148 g/mol. The summed E-state index contributed by atoms with van der Waals surface area (Å²) in [6, 6.07) is 0. The van der Waals surface area contributed by atoms with Crippen molar-refractivity contribution in [2.75, 3.05) is 6.54 Å². The van der Waals surface area contributed by atoms with Crippen molar-refractivity contribution in [1.82, 2.24) is 10.2 Å². The van der Waals surface area contributed by atoms with Gasteiger partial charge in [0.2, 0.25) is 0 Å². The van der Waals surface area contributed by atoms with Gasteiger partial charge in [-0.2, -0.15) is 0 Å². The molecule has 0 aromatic heterocycles. The normalized spacial score (nSPS) is 20.9. The van der Waals surface area contributed by atoms with Crippen LogP contribution in [0, 0.1) is 0 Å². The van der Waals surface area contributed by atoms with Crippen LogP contribution >= 0.6 is 0 Å². The van der Waals surface area contributed by atoms with Crippen LogP contribution in [0.25, 0.3) is 0 Å². The van der Waals surface area contributed by atoms with Gasteiger partial charge in [-0.1, -0.05) is 0 Å². The van der Waals surface area contributed by atoms with Crippen LogP contribution in [0.5, 0.6) is 0 Å². The molecule has 0 unspecified atom stereocenters. The number of hydrogen-bond donors (Lipinski definition) is 1. The first kappa shape index (κ1) is 6.22. The summed E-state index contributed by atoms with van der Waals surface area (Å²) >= 11 is 0. The molecule has 0 fully saturated rings. The number of nitrogens with zero attached hydrogens (tertiary/aromatic N) is 1. The molecule has 0 bridgehead atoms. The molecule has 0 atom stereocenters. The summed E-state index contributed by atoms with van der Waals surface area (Å²) in [6.07, 6.45) is 8.93. The summed E-state index contributed by atoms with van der Waals surface area (Å²) in [5.74, 6) is 0.147. The van der Waals surface area contributed by atoms with Crippen LogP contribution in [0.4, 0.5) is 0 Å². The first-order valence-corrected chi connectivity index (χ1v) is 3.47. The molecule has 0 saturated carbocycles. The van der Waals surface area contributed by atoms with Crippen LogP contribution in [0.1, 0.15) is 0 Å². The lowest BCUT2D eigenvalue weighted by Gasteiger charge is -2.25. The van der Waals surface area contributed by atoms with Crippen molar-refractivity contribution >= 4 is 5.78 Å². The molecule has 3 nitrogen and oxygen atoms in total. The smallest absolute Gasteiger partial charge is 0.175 e. The highest BCUT2D eigenvalue weighted by Gasteiger charge is 2.14. The van der Waals surface area contributed by atoms with Crippen molar-refractivity contribution in [3.05, 3.63) is 36.4 Å². The molecule has 0 saturated heterocycles. The van der Waals surface area contributed by atoms with E-state index in [1.807, 2.05) is 23.4 Å². The van der Waals surface area contributed by atoms with Crippen LogP contribution in [0.15, 0.2) is 36.4 Å². The van der Waals surface area contributed by atoms with E-state index in [1.165, 1.54) is 0 Å². The van der Waals surface area contributed by atoms with Crippen molar-refractivity contribution in [3.63, 3.8) is 0 Å². The molecular weight excluding hydrogens is 140 g/mol. The van der Waals surface area contributed by atoms with Crippen LogP contribution < -0.4 is 5.32 Å². The van der Waals surface area contributed by atoms with Crippen LogP contribution in [-0.2, 0) is 4.79 Å². The van der Waals surface area contributed by atoms with E-state index in [2.05, 4.69) is 5.32 Å². The molecule has 0 spiro atoms.